The largest absolute Gasteiger partial charge is 0.389 e. The van der Waals surface area contributed by atoms with Crippen molar-refractivity contribution in [1.29, 1.82) is 5.41 Å². The maximum atomic E-state index is 12.8. The summed E-state index contributed by atoms with van der Waals surface area (Å²) < 4.78 is 5.57. The molecule has 0 aromatic heterocycles. The smallest absolute Gasteiger partial charge is 0.228 e. The lowest BCUT2D eigenvalue weighted by Crippen LogP contribution is -2.41. The summed E-state index contributed by atoms with van der Waals surface area (Å²) in [6.45, 7) is 7.94. The zero-order valence-corrected chi connectivity index (χ0v) is 18.3. The Morgan fingerprint density at radius 1 is 1.24 bits per heavy atom. The predicted octanol–water partition coefficient (Wildman–Crippen LogP) is 2.00. The van der Waals surface area contributed by atoms with Gasteiger partial charge in [-0.25, -0.2) is 0 Å². The van der Waals surface area contributed by atoms with Crippen molar-refractivity contribution in [3.05, 3.63) is 46.1 Å². The van der Waals surface area contributed by atoms with Crippen molar-refractivity contribution in [2.24, 2.45) is 0 Å². The number of amides is 1. The van der Waals surface area contributed by atoms with Crippen LogP contribution in [0.15, 0.2) is 35.5 Å². The molecule has 160 valence electrons. The molecule has 29 heavy (non-hydrogen) atoms. The molecular weight excluding hydrogens is 390 g/mol. The van der Waals surface area contributed by atoms with Crippen molar-refractivity contribution >= 4 is 23.3 Å². The quantitative estimate of drug-likeness (QED) is 0.226. The van der Waals surface area contributed by atoms with Crippen LogP contribution < -0.4 is 21.3 Å². The molecule has 1 heterocycles. The van der Waals surface area contributed by atoms with Gasteiger partial charge in [-0.15, -0.1) is 0 Å². The number of benzene rings is 1. The second-order valence-corrected chi connectivity index (χ2v) is 7.79. The number of hydrogen-bond donors (Lipinski definition) is 5. The van der Waals surface area contributed by atoms with Gasteiger partial charge in [-0.1, -0.05) is 37.6 Å². The number of carbonyl (C=O) groups excluding carboxylic acids is 1. The highest BCUT2D eigenvalue weighted by Crippen LogP contribution is 2.20. The standard InChI is InChI=1S/C21H32ClN5O2/c1-13(2)27-11-17(15-5-7-16(22)8-6-15)21(28)26-10-9-25-20(23)19-14(3)29-12-18(19)24-4/h5-8,13-14,17,24,27H,9-12H2,1-4H3,(H2,23,25)(H,26,28). The summed E-state index contributed by atoms with van der Waals surface area (Å²) in [4.78, 5) is 12.8. The van der Waals surface area contributed by atoms with Crippen LogP contribution in [0.25, 0.3) is 0 Å². The fraction of sp³-hybridized carbons (Fsp3) is 0.524. The second kappa shape index (κ2) is 11.2. The van der Waals surface area contributed by atoms with Crippen molar-refractivity contribution in [1.82, 2.24) is 21.3 Å². The van der Waals surface area contributed by atoms with Crippen molar-refractivity contribution in [2.45, 2.75) is 38.8 Å². The maximum absolute atomic E-state index is 12.8. The van der Waals surface area contributed by atoms with Gasteiger partial charge in [0.2, 0.25) is 5.91 Å². The molecule has 7 nitrogen and oxygen atoms in total. The van der Waals surface area contributed by atoms with E-state index >= 15 is 0 Å². The first-order valence-electron chi connectivity index (χ1n) is 9.95. The van der Waals surface area contributed by atoms with Crippen molar-refractivity contribution in [2.75, 3.05) is 33.3 Å². The van der Waals surface area contributed by atoms with Gasteiger partial charge in [0, 0.05) is 49.0 Å². The molecule has 1 aromatic carbocycles. The summed E-state index contributed by atoms with van der Waals surface area (Å²) in [6.07, 6.45) is -0.122. The van der Waals surface area contributed by atoms with E-state index in [0.29, 0.717) is 37.1 Å². The van der Waals surface area contributed by atoms with Gasteiger partial charge >= 0.3 is 0 Å². The van der Waals surface area contributed by atoms with Gasteiger partial charge in [-0.05, 0) is 24.6 Å². The van der Waals surface area contributed by atoms with Gasteiger partial charge in [-0.3, -0.25) is 10.2 Å². The average Bonchev–Trinajstić information content (AvgIpc) is 3.07. The van der Waals surface area contributed by atoms with E-state index in [1.165, 1.54) is 0 Å². The molecule has 2 atom stereocenters. The summed E-state index contributed by atoms with van der Waals surface area (Å²) in [6, 6.07) is 7.65. The Kier molecular flexibility index (Phi) is 8.95. The number of likely N-dealkylation sites (N-methyl/N-ethyl adjacent to an activating group) is 1. The molecule has 0 aliphatic carbocycles. The van der Waals surface area contributed by atoms with E-state index < -0.39 is 0 Å². The van der Waals surface area contributed by atoms with Crippen LogP contribution in [-0.2, 0) is 9.53 Å². The minimum Gasteiger partial charge on any atom is -0.389 e. The number of rotatable bonds is 10. The SMILES string of the molecule is CNC1=C(C(=N)NCCNC(=O)C(CNC(C)C)c2ccc(Cl)cc2)C(C)OC1. The molecule has 0 spiro atoms. The molecule has 1 aromatic rings. The number of nitrogens with one attached hydrogen (secondary N) is 5. The monoisotopic (exact) mass is 421 g/mol. The minimum atomic E-state index is -0.309. The van der Waals surface area contributed by atoms with Gasteiger partial charge in [0.1, 0.15) is 5.84 Å². The number of carbonyl (C=O) groups is 1. The first-order valence-corrected chi connectivity index (χ1v) is 10.3. The topological polar surface area (TPSA) is 98.3 Å². The molecule has 1 amide bonds. The molecule has 1 aliphatic heterocycles. The Morgan fingerprint density at radius 3 is 2.52 bits per heavy atom. The van der Waals surface area contributed by atoms with Gasteiger partial charge in [0.05, 0.1) is 18.6 Å². The average molecular weight is 422 g/mol. The molecule has 0 bridgehead atoms. The maximum Gasteiger partial charge on any atom is 0.228 e. The molecule has 0 fully saturated rings. The Balaban J connectivity index is 1.89. The lowest BCUT2D eigenvalue weighted by Gasteiger charge is -2.20. The molecule has 0 saturated heterocycles. The fourth-order valence-electron chi connectivity index (χ4n) is 3.18. The van der Waals surface area contributed by atoms with E-state index in [9.17, 15) is 4.79 Å². The van der Waals surface area contributed by atoms with Gasteiger partial charge in [0.25, 0.3) is 0 Å². The van der Waals surface area contributed by atoms with E-state index in [2.05, 4.69) is 21.3 Å². The predicted molar refractivity (Wildman–Crippen MR) is 118 cm³/mol. The molecule has 1 aliphatic rings. The summed E-state index contributed by atoms with van der Waals surface area (Å²) in [5.74, 6) is -0.0400. The molecular formula is C21H32ClN5O2. The van der Waals surface area contributed by atoms with Crippen molar-refractivity contribution in [3.63, 3.8) is 0 Å². The molecule has 2 rings (SSSR count). The summed E-state index contributed by atoms with van der Waals surface area (Å²) in [5.41, 5.74) is 2.67. The Morgan fingerprint density at radius 2 is 1.90 bits per heavy atom. The van der Waals surface area contributed by atoms with Gasteiger partial charge in [-0.2, -0.15) is 0 Å². The van der Waals surface area contributed by atoms with Crippen LogP contribution in [0.3, 0.4) is 0 Å². The fourth-order valence-corrected chi connectivity index (χ4v) is 3.30. The van der Waals surface area contributed by atoms with E-state index in [-0.39, 0.29) is 24.0 Å². The lowest BCUT2D eigenvalue weighted by atomic mass is 9.97. The molecule has 2 unspecified atom stereocenters. The van der Waals surface area contributed by atoms with Crippen molar-refractivity contribution in [3.8, 4) is 0 Å². The number of amidine groups is 1. The third kappa shape index (κ3) is 6.73. The Bertz CT molecular complexity index is 733. The van der Waals surface area contributed by atoms with Crippen LogP contribution in [0.5, 0.6) is 0 Å². The number of hydrogen-bond acceptors (Lipinski definition) is 5. The van der Waals surface area contributed by atoms with E-state index in [1.807, 2.05) is 40.0 Å². The summed E-state index contributed by atoms with van der Waals surface area (Å²) >= 11 is 5.98. The summed E-state index contributed by atoms with van der Waals surface area (Å²) in [7, 11) is 1.83. The second-order valence-electron chi connectivity index (χ2n) is 7.36. The Hall–Kier alpha value is -2.09. The third-order valence-electron chi connectivity index (χ3n) is 4.83. The summed E-state index contributed by atoms with van der Waals surface area (Å²) in [5, 5.41) is 21.4. The van der Waals surface area contributed by atoms with Crippen molar-refractivity contribution < 1.29 is 9.53 Å². The highest BCUT2D eigenvalue weighted by atomic mass is 35.5. The first-order chi connectivity index (χ1) is 13.8. The van der Waals surface area contributed by atoms with Crippen LogP contribution in [0.2, 0.25) is 5.02 Å². The molecule has 0 radical (unpaired) electrons. The number of ether oxygens (including phenoxy) is 1. The van der Waals surface area contributed by atoms with Crippen LogP contribution in [0.4, 0.5) is 0 Å². The molecule has 8 heteroatoms. The van der Waals surface area contributed by atoms with Crippen LogP contribution >= 0.6 is 11.6 Å². The van der Waals surface area contributed by atoms with Crippen LogP contribution in [0, 0.1) is 5.41 Å². The zero-order chi connectivity index (χ0) is 21.4. The van der Waals surface area contributed by atoms with Gasteiger partial charge in [0.15, 0.2) is 0 Å². The zero-order valence-electron chi connectivity index (χ0n) is 17.6. The lowest BCUT2D eigenvalue weighted by molar-refractivity contribution is -0.122. The highest BCUT2D eigenvalue weighted by Gasteiger charge is 2.25. The normalized spacial score (nSPS) is 17.4. The van der Waals surface area contributed by atoms with Crippen LogP contribution in [0.1, 0.15) is 32.3 Å². The first kappa shape index (κ1) is 23.2. The van der Waals surface area contributed by atoms with E-state index in [1.54, 1.807) is 12.1 Å². The Labute approximate surface area is 178 Å². The third-order valence-corrected chi connectivity index (χ3v) is 5.08. The highest BCUT2D eigenvalue weighted by molar-refractivity contribution is 6.30. The molecule has 0 saturated carbocycles. The van der Waals surface area contributed by atoms with Crippen LogP contribution in [-0.4, -0.2) is 57.2 Å². The van der Waals surface area contributed by atoms with E-state index in [4.69, 9.17) is 21.7 Å². The minimum absolute atomic E-state index is 0.0542. The number of halogens is 1. The van der Waals surface area contributed by atoms with Gasteiger partial charge < -0.3 is 26.0 Å². The molecule has 5 N–H and O–H groups in total. The van der Waals surface area contributed by atoms with E-state index in [0.717, 1.165) is 16.8 Å².